The van der Waals surface area contributed by atoms with Crippen LogP contribution >= 0.6 is 11.3 Å². The van der Waals surface area contributed by atoms with E-state index >= 15 is 0 Å². The molecule has 0 unspecified atom stereocenters. The Morgan fingerprint density at radius 1 is 1.13 bits per heavy atom. The lowest BCUT2D eigenvalue weighted by Gasteiger charge is -2.04. The Morgan fingerprint density at radius 3 is 2.65 bits per heavy atom. The summed E-state index contributed by atoms with van der Waals surface area (Å²) in [5, 5.41) is 12.3. The van der Waals surface area contributed by atoms with E-state index in [1.165, 1.54) is 24.5 Å². The standard InChI is InChI=1S/C22H20N6O2S/c1-14-18(12-25-28(14)20-5-3-4-10-23-20)21(30)27-22-26-19(13-31-22)17-8-6-16(7-9-17)11-24-15(2)29/h3-10,12-13H,11H2,1-2H3,(H,24,29)(H,26,27,30). The number of anilines is 1. The van der Waals surface area contributed by atoms with Crippen molar-refractivity contribution in [3.05, 3.63) is 77.1 Å². The summed E-state index contributed by atoms with van der Waals surface area (Å²) in [6.07, 6.45) is 3.21. The number of pyridine rings is 1. The minimum Gasteiger partial charge on any atom is -0.352 e. The van der Waals surface area contributed by atoms with Crippen LogP contribution in [0.4, 0.5) is 5.13 Å². The molecule has 0 fully saturated rings. The maximum absolute atomic E-state index is 12.7. The quantitative estimate of drug-likeness (QED) is 0.485. The fourth-order valence-corrected chi connectivity index (χ4v) is 3.71. The Labute approximate surface area is 183 Å². The molecule has 31 heavy (non-hydrogen) atoms. The van der Waals surface area contributed by atoms with Crippen LogP contribution in [-0.2, 0) is 11.3 Å². The Morgan fingerprint density at radius 2 is 1.94 bits per heavy atom. The maximum Gasteiger partial charge on any atom is 0.260 e. The first-order valence-corrected chi connectivity index (χ1v) is 10.5. The lowest BCUT2D eigenvalue weighted by molar-refractivity contribution is -0.119. The molecule has 0 atom stereocenters. The molecule has 0 aliphatic heterocycles. The first-order valence-electron chi connectivity index (χ1n) is 9.58. The monoisotopic (exact) mass is 432 g/mol. The van der Waals surface area contributed by atoms with E-state index in [1.54, 1.807) is 10.9 Å². The zero-order chi connectivity index (χ0) is 21.8. The van der Waals surface area contributed by atoms with E-state index in [9.17, 15) is 9.59 Å². The second-order valence-electron chi connectivity index (χ2n) is 6.84. The van der Waals surface area contributed by atoms with E-state index in [1.807, 2.05) is 54.8 Å². The lowest BCUT2D eigenvalue weighted by Crippen LogP contribution is -2.18. The summed E-state index contributed by atoms with van der Waals surface area (Å²) in [4.78, 5) is 32.6. The number of hydrogen-bond acceptors (Lipinski definition) is 6. The van der Waals surface area contributed by atoms with Crippen molar-refractivity contribution in [1.29, 1.82) is 0 Å². The van der Waals surface area contributed by atoms with Crippen molar-refractivity contribution >= 4 is 28.3 Å². The van der Waals surface area contributed by atoms with Crippen LogP contribution in [0.2, 0.25) is 0 Å². The Hall–Kier alpha value is -3.85. The molecule has 0 aliphatic carbocycles. The molecular formula is C22H20N6O2S. The van der Waals surface area contributed by atoms with E-state index < -0.39 is 0 Å². The van der Waals surface area contributed by atoms with Crippen molar-refractivity contribution in [2.75, 3.05) is 5.32 Å². The SMILES string of the molecule is CC(=O)NCc1ccc(-c2csc(NC(=O)c3cnn(-c4ccccn4)c3C)n2)cc1. The van der Waals surface area contributed by atoms with Gasteiger partial charge in [-0.05, 0) is 24.6 Å². The Bertz CT molecular complexity index is 1210. The third-order valence-corrected chi connectivity index (χ3v) is 5.39. The third-order valence-electron chi connectivity index (χ3n) is 4.64. The molecule has 4 rings (SSSR count). The molecular weight excluding hydrogens is 412 g/mol. The molecule has 0 saturated heterocycles. The van der Waals surface area contributed by atoms with Gasteiger partial charge in [-0.15, -0.1) is 11.3 Å². The molecule has 3 aromatic heterocycles. The number of carbonyl (C=O) groups excluding carboxylic acids is 2. The number of thiazole rings is 1. The predicted molar refractivity (Wildman–Crippen MR) is 119 cm³/mol. The minimum absolute atomic E-state index is 0.0650. The molecule has 1 aromatic carbocycles. The number of rotatable bonds is 6. The van der Waals surface area contributed by atoms with Crippen LogP contribution < -0.4 is 10.6 Å². The lowest BCUT2D eigenvalue weighted by atomic mass is 10.1. The fraction of sp³-hybridized carbons (Fsp3) is 0.136. The van der Waals surface area contributed by atoms with Crippen LogP contribution in [0, 0.1) is 6.92 Å². The van der Waals surface area contributed by atoms with Crippen LogP contribution in [0.3, 0.4) is 0 Å². The zero-order valence-corrected chi connectivity index (χ0v) is 17.8. The van der Waals surface area contributed by atoms with E-state index in [-0.39, 0.29) is 11.8 Å². The summed E-state index contributed by atoms with van der Waals surface area (Å²) in [6.45, 7) is 3.80. The van der Waals surface area contributed by atoms with E-state index in [4.69, 9.17) is 0 Å². The van der Waals surface area contributed by atoms with Crippen LogP contribution in [0.5, 0.6) is 0 Å². The number of aromatic nitrogens is 4. The van der Waals surface area contributed by atoms with Gasteiger partial charge < -0.3 is 5.32 Å². The molecule has 4 aromatic rings. The number of nitrogens with zero attached hydrogens (tertiary/aromatic N) is 4. The van der Waals surface area contributed by atoms with Crippen LogP contribution in [-0.4, -0.2) is 31.6 Å². The van der Waals surface area contributed by atoms with E-state index in [0.717, 1.165) is 16.8 Å². The predicted octanol–water partition coefficient (Wildman–Crippen LogP) is 3.59. The van der Waals surface area contributed by atoms with Gasteiger partial charge in [0.1, 0.15) is 0 Å². The van der Waals surface area contributed by atoms with Crippen LogP contribution in [0.25, 0.3) is 17.1 Å². The number of carbonyl (C=O) groups is 2. The van der Waals surface area contributed by atoms with Gasteiger partial charge in [0.2, 0.25) is 5.91 Å². The normalized spacial score (nSPS) is 10.6. The topological polar surface area (TPSA) is 102 Å². The van der Waals surface area contributed by atoms with Gasteiger partial charge in [0.25, 0.3) is 5.91 Å². The summed E-state index contributed by atoms with van der Waals surface area (Å²) in [5.74, 6) is 0.313. The second-order valence-corrected chi connectivity index (χ2v) is 7.70. The largest absolute Gasteiger partial charge is 0.352 e. The van der Waals surface area contributed by atoms with Gasteiger partial charge in [-0.1, -0.05) is 30.3 Å². The van der Waals surface area contributed by atoms with Gasteiger partial charge in [-0.25, -0.2) is 14.6 Å². The molecule has 2 amide bonds. The van der Waals surface area contributed by atoms with Crippen molar-refractivity contribution in [1.82, 2.24) is 25.1 Å². The van der Waals surface area contributed by atoms with Crippen molar-refractivity contribution < 1.29 is 9.59 Å². The molecule has 3 heterocycles. The molecule has 0 spiro atoms. The van der Waals surface area contributed by atoms with Crippen molar-refractivity contribution in [3.8, 4) is 17.1 Å². The van der Waals surface area contributed by atoms with Gasteiger partial charge in [0.15, 0.2) is 10.9 Å². The van der Waals surface area contributed by atoms with Gasteiger partial charge in [-0.2, -0.15) is 5.10 Å². The summed E-state index contributed by atoms with van der Waals surface area (Å²) in [5.41, 5.74) is 3.87. The van der Waals surface area contributed by atoms with E-state index in [2.05, 4.69) is 25.7 Å². The van der Waals surface area contributed by atoms with Gasteiger partial charge in [-0.3, -0.25) is 14.9 Å². The Balaban J connectivity index is 1.45. The summed E-state index contributed by atoms with van der Waals surface area (Å²) < 4.78 is 1.63. The van der Waals surface area contributed by atoms with Gasteiger partial charge in [0.05, 0.1) is 23.1 Å². The zero-order valence-electron chi connectivity index (χ0n) is 17.0. The number of hydrogen-bond donors (Lipinski definition) is 2. The highest BCUT2D eigenvalue weighted by atomic mass is 32.1. The molecule has 9 heteroatoms. The summed E-state index contributed by atoms with van der Waals surface area (Å²) in [7, 11) is 0. The molecule has 8 nitrogen and oxygen atoms in total. The first-order chi connectivity index (χ1) is 15.0. The fourth-order valence-electron chi connectivity index (χ4n) is 2.99. The van der Waals surface area contributed by atoms with Crippen molar-refractivity contribution in [2.24, 2.45) is 0 Å². The number of benzene rings is 1. The second kappa shape index (κ2) is 8.88. The maximum atomic E-state index is 12.7. The molecule has 0 saturated carbocycles. The highest BCUT2D eigenvalue weighted by Gasteiger charge is 2.17. The summed E-state index contributed by atoms with van der Waals surface area (Å²) in [6, 6.07) is 13.3. The minimum atomic E-state index is -0.272. The average molecular weight is 433 g/mol. The van der Waals surface area contributed by atoms with Crippen LogP contribution in [0.1, 0.15) is 28.5 Å². The summed E-state index contributed by atoms with van der Waals surface area (Å²) >= 11 is 1.36. The van der Waals surface area contributed by atoms with Crippen LogP contribution in [0.15, 0.2) is 60.2 Å². The third kappa shape index (κ3) is 4.67. The van der Waals surface area contributed by atoms with Gasteiger partial charge >= 0.3 is 0 Å². The van der Waals surface area contributed by atoms with Gasteiger partial charge in [0, 0.05) is 30.6 Å². The molecule has 156 valence electrons. The molecule has 0 radical (unpaired) electrons. The van der Waals surface area contributed by atoms with Crippen molar-refractivity contribution in [2.45, 2.75) is 20.4 Å². The first kappa shape index (κ1) is 20.4. The number of nitrogens with one attached hydrogen (secondary N) is 2. The molecule has 0 aliphatic rings. The van der Waals surface area contributed by atoms with Crippen molar-refractivity contribution in [3.63, 3.8) is 0 Å². The van der Waals surface area contributed by atoms with E-state index in [0.29, 0.717) is 28.8 Å². The Kier molecular flexibility index (Phi) is 5.85. The smallest absolute Gasteiger partial charge is 0.260 e. The average Bonchev–Trinajstić information content (AvgIpc) is 3.40. The highest BCUT2D eigenvalue weighted by Crippen LogP contribution is 2.26. The highest BCUT2D eigenvalue weighted by molar-refractivity contribution is 7.14. The number of amides is 2. The molecule has 2 N–H and O–H groups in total. The molecule has 0 bridgehead atoms.